The smallest absolute Gasteiger partial charge is 0.229 e. The average molecular weight is 342 g/mol. The molecule has 1 saturated heterocycles. The highest BCUT2D eigenvalue weighted by atomic mass is 16.5. The first kappa shape index (κ1) is 17.2. The van der Waals surface area contributed by atoms with E-state index in [-0.39, 0.29) is 24.2 Å². The van der Waals surface area contributed by atoms with Crippen LogP contribution in [-0.2, 0) is 27.4 Å². The summed E-state index contributed by atoms with van der Waals surface area (Å²) in [5, 5.41) is 7.01. The van der Waals surface area contributed by atoms with Gasteiger partial charge >= 0.3 is 0 Å². The maximum atomic E-state index is 12.4. The minimum atomic E-state index is -0.335. The van der Waals surface area contributed by atoms with E-state index in [0.29, 0.717) is 31.9 Å². The Morgan fingerprint density at radius 1 is 1.36 bits per heavy atom. The Kier molecular flexibility index (Phi) is 5.45. The van der Waals surface area contributed by atoms with E-state index in [9.17, 15) is 9.59 Å². The Balaban J connectivity index is 1.54. The van der Waals surface area contributed by atoms with Gasteiger partial charge in [0.05, 0.1) is 31.0 Å². The van der Waals surface area contributed by atoms with Crippen LogP contribution in [-0.4, -0.2) is 46.8 Å². The number of aromatic nitrogens is 2. The van der Waals surface area contributed by atoms with Crippen LogP contribution in [0.3, 0.4) is 0 Å². The van der Waals surface area contributed by atoms with E-state index in [0.717, 1.165) is 5.56 Å². The molecule has 1 unspecified atom stereocenters. The second kappa shape index (κ2) is 7.94. The monoisotopic (exact) mass is 342 g/mol. The molecule has 1 atom stereocenters. The normalized spacial score (nSPS) is 17.1. The molecule has 0 spiro atoms. The third-order valence-electron chi connectivity index (χ3n) is 4.23. The zero-order valence-corrected chi connectivity index (χ0v) is 14.2. The minimum absolute atomic E-state index is 0.0137. The third kappa shape index (κ3) is 4.45. The summed E-state index contributed by atoms with van der Waals surface area (Å²) < 4.78 is 6.71. The zero-order valence-electron chi connectivity index (χ0n) is 14.2. The summed E-state index contributed by atoms with van der Waals surface area (Å²) in [5.74, 6) is -0.464. The van der Waals surface area contributed by atoms with Crippen molar-refractivity contribution in [2.24, 2.45) is 5.92 Å². The average Bonchev–Trinajstić information content (AvgIpc) is 3.21. The van der Waals surface area contributed by atoms with Crippen LogP contribution in [0.15, 0.2) is 42.7 Å². The molecule has 1 fully saturated rings. The van der Waals surface area contributed by atoms with Gasteiger partial charge in [-0.25, -0.2) is 0 Å². The number of carbonyl (C=O) groups excluding carboxylic acids is 2. The first-order valence-electron chi connectivity index (χ1n) is 8.29. The van der Waals surface area contributed by atoms with Gasteiger partial charge in [0.2, 0.25) is 11.8 Å². The predicted molar refractivity (Wildman–Crippen MR) is 92.7 cm³/mol. The van der Waals surface area contributed by atoms with Crippen LogP contribution in [0.2, 0.25) is 0 Å². The van der Waals surface area contributed by atoms with Crippen molar-refractivity contribution in [1.82, 2.24) is 14.7 Å². The molecule has 1 aromatic heterocycles. The van der Waals surface area contributed by atoms with E-state index in [1.165, 1.54) is 0 Å². The summed E-state index contributed by atoms with van der Waals surface area (Å²) in [6.45, 7) is 2.16. The Morgan fingerprint density at radius 3 is 2.92 bits per heavy atom. The molecule has 0 aliphatic carbocycles. The summed E-state index contributed by atoms with van der Waals surface area (Å²) in [6.07, 6.45) is 3.61. The number of rotatable bonds is 7. The second-order valence-corrected chi connectivity index (χ2v) is 6.14. The molecule has 25 heavy (non-hydrogen) atoms. The van der Waals surface area contributed by atoms with Crippen molar-refractivity contribution >= 4 is 17.5 Å². The van der Waals surface area contributed by atoms with Gasteiger partial charge in [0.25, 0.3) is 0 Å². The largest absolute Gasteiger partial charge is 0.383 e. The number of ether oxygens (including phenoxy) is 1. The molecule has 1 N–H and O–H groups in total. The van der Waals surface area contributed by atoms with Gasteiger partial charge in [-0.2, -0.15) is 5.10 Å². The molecule has 1 aliphatic heterocycles. The van der Waals surface area contributed by atoms with E-state index in [4.69, 9.17) is 4.74 Å². The van der Waals surface area contributed by atoms with Gasteiger partial charge in [-0.15, -0.1) is 0 Å². The van der Waals surface area contributed by atoms with Gasteiger partial charge in [0.1, 0.15) is 0 Å². The van der Waals surface area contributed by atoms with Crippen LogP contribution in [0.4, 0.5) is 5.69 Å². The van der Waals surface area contributed by atoms with E-state index >= 15 is 0 Å². The second-order valence-electron chi connectivity index (χ2n) is 6.14. The standard InChI is InChI=1S/C18H22N4O3/c1-25-8-7-22-13-16(10-19-22)20-18(24)15-9-17(23)21(12-15)11-14-5-3-2-4-6-14/h2-6,10,13,15H,7-9,11-12H2,1H3,(H,20,24). The molecule has 1 aliphatic rings. The molecule has 2 heterocycles. The summed E-state index contributed by atoms with van der Waals surface area (Å²) in [6, 6.07) is 9.80. The maximum Gasteiger partial charge on any atom is 0.229 e. The van der Waals surface area contributed by atoms with Gasteiger partial charge < -0.3 is 15.0 Å². The topological polar surface area (TPSA) is 76.5 Å². The number of benzene rings is 1. The lowest BCUT2D eigenvalue weighted by Gasteiger charge is -2.16. The van der Waals surface area contributed by atoms with Crippen molar-refractivity contribution < 1.29 is 14.3 Å². The molecule has 0 bridgehead atoms. The lowest BCUT2D eigenvalue weighted by molar-refractivity contribution is -0.128. The molecule has 7 nitrogen and oxygen atoms in total. The molecular formula is C18H22N4O3. The fourth-order valence-electron chi connectivity index (χ4n) is 2.88. The number of nitrogens with zero attached hydrogens (tertiary/aromatic N) is 3. The summed E-state index contributed by atoms with van der Waals surface area (Å²) in [5.41, 5.74) is 1.70. The number of carbonyl (C=O) groups is 2. The van der Waals surface area contributed by atoms with Gasteiger partial charge in [-0.1, -0.05) is 30.3 Å². The van der Waals surface area contributed by atoms with E-state index < -0.39 is 0 Å². The molecule has 2 aromatic rings. The fraction of sp³-hybridized carbons (Fsp3) is 0.389. The maximum absolute atomic E-state index is 12.4. The Labute approximate surface area is 146 Å². The Bertz CT molecular complexity index is 729. The Morgan fingerprint density at radius 2 is 2.16 bits per heavy atom. The lowest BCUT2D eigenvalue weighted by atomic mass is 10.1. The highest BCUT2D eigenvalue weighted by Crippen LogP contribution is 2.21. The zero-order chi connectivity index (χ0) is 17.6. The van der Waals surface area contributed by atoms with Crippen LogP contribution in [0.5, 0.6) is 0 Å². The van der Waals surface area contributed by atoms with Gasteiger partial charge in [0.15, 0.2) is 0 Å². The van der Waals surface area contributed by atoms with Crippen molar-refractivity contribution in [2.75, 3.05) is 25.6 Å². The molecule has 132 valence electrons. The van der Waals surface area contributed by atoms with Crippen LogP contribution in [0, 0.1) is 5.92 Å². The molecule has 0 saturated carbocycles. The number of anilines is 1. The van der Waals surface area contributed by atoms with E-state index in [1.54, 1.807) is 29.1 Å². The van der Waals surface area contributed by atoms with Crippen LogP contribution < -0.4 is 5.32 Å². The van der Waals surface area contributed by atoms with Gasteiger partial charge in [-0.3, -0.25) is 14.3 Å². The Hall–Kier alpha value is -2.67. The van der Waals surface area contributed by atoms with Crippen molar-refractivity contribution in [2.45, 2.75) is 19.5 Å². The number of likely N-dealkylation sites (tertiary alicyclic amines) is 1. The quantitative estimate of drug-likeness (QED) is 0.828. The van der Waals surface area contributed by atoms with Crippen molar-refractivity contribution in [3.05, 3.63) is 48.3 Å². The molecule has 0 radical (unpaired) electrons. The molecule has 7 heteroatoms. The first-order chi connectivity index (χ1) is 12.2. The summed E-state index contributed by atoms with van der Waals surface area (Å²) in [4.78, 5) is 26.4. The number of nitrogens with one attached hydrogen (secondary N) is 1. The number of hydrogen-bond donors (Lipinski definition) is 1. The third-order valence-corrected chi connectivity index (χ3v) is 4.23. The fourth-order valence-corrected chi connectivity index (χ4v) is 2.88. The number of amides is 2. The highest BCUT2D eigenvalue weighted by molar-refractivity contribution is 5.97. The number of hydrogen-bond acceptors (Lipinski definition) is 4. The predicted octanol–water partition coefficient (Wildman–Crippen LogP) is 1.52. The van der Waals surface area contributed by atoms with Crippen LogP contribution in [0.25, 0.3) is 0 Å². The van der Waals surface area contributed by atoms with Crippen LogP contribution in [0.1, 0.15) is 12.0 Å². The van der Waals surface area contributed by atoms with Crippen molar-refractivity contribution in [3.63, 3.8) is 0 Å². The minimum Gasteiger partial charge on any atom is -0.383 e. The van der Waals surface area contributed by atoms with E-state index in [2.05, 4.69) is 10.4 Å². The van der Waals surface area contributed by atoms with Crippen molar-refractivity contribution in [1.29, 1.82) is 0 Å². The highest BCUT2D eigenvalue weighted by Gasteiger charge is 2.34. The van der Waals surface area contributed by atoms with E-state index in [1.807, 2.05) is 30.3 Å². The summed E-state index contributed by atoms with van der Waals surface area (Å²) in [7, 11) is 1.63. The van der Waals surface area contributed by atoms with Gasteiger partial charge in [-0.05, 0) is 5.56 Å². The van der Waals surface area contributed by atoms with Crippen molar-refractivity contribution in [3.8, 4) is 0 Å². The SMILES string of the molecule is COCCn1cc(NC(=O)C2CC(=O)N(Cc3ccccc3)C2)cn1. The van der Waals surface area contributed by atoms with Crippen LogP contribution >= 0.6 is 0 Å². The molecule has 3 rings (SSSR count). The molecule has 2 amide bonds. The van der Waals surface area contributed by atoms with Gasteiger partial charge in [0, 0.05) is 32.8 Å². The molecular weight excluding hydrogens is 320 g/mol. The summed E-state index contributed by atoms with van der Waals surface area (Å²) >= 11 is 0. The first-order valence-corrected chi connectivity index (χ1v) is 8.29. The molecule has 1 aromatic carbocycles. The number of methoxy groups -OCH3 is 1. The lowest BCUT2D eigenvalue weighted by Crippen LogP contribution is -2.27.